The van der Waals surface area contributed by atoms with Crippen molar-refractivity contribution >= 4 is 28.4 Å². The fourth-order valence-electron chi connectivity index (χ4n) is 5.68. The van der Waals surface area contributed by atoms with Gasteiger partial charge in [-0.1, -0.05) is 151 Å². The van der Waals surface area contributed by atoms with Gasteiger partial charge in [0.1, 0.15) is 5.84 Å². The van der Waals surface area contributed by atoms with Crippen molar-refractivity contribution in [3.05, 3.63) is 210 Å². The summed E-state index contributed by atoms with van der Waals surface area (Å²) >= 11 is 0. The fourth-order valence-corrected chi connectivity index (χ4v) is 5.68. The first kappa shape index (κ1) is 32.7. The van der Waals surface area contributed by atoms with Crippen molar-refractivity contribution in [1.29, 1.82) is 0 Å². The van der Waals surface area contributed by atoms with E-state index in [1.807, 2.05) is 67.7 Å². The standard InChI is InChI=1S/C38H32N4.C7H8/c1-27-37(26-40-27)34-20-8-9-21-35(34)38(41-25-28-12-4-2-5-13-28)42-33-19-11-17-31(23-33)30-16-10-18-32(22-30)36(24-39)29-14-6-3-7-15-29;1-7-5-3-2-4-6-7/h2-24,26H,25,39H2,1H3,(H,41,42);2-6H,1H3/b36-24+;. The van der Waals surface area contributed by atoms with Crippen LogP contribution in [-0.4, -0.2) is 11.5 Å². The third kappa shape index (κ3) is 8.37. The molecule has 7 rings (SSSR count). The Labute approximate surface area is 289 Å². The first-order valence-corrected chi connectivity index (χ1v) is 16.5. The Morgan fingerprint density at radius 2 is 1.27 bits per heavy atom. The zero-order valence-electron chi connectivity index (χ0n) is 27.9. The van der Waals surface area contributed by atoms with Crippen LogP contribution in [0.4, 0.5) is 5.69 Å². The number of hydrogen-bond donors (Lipinski definition) is 2. The minimum absolute atomic E-state index is 0.569. The Hall–Kier alpha value is -6.26. The Morgan fingerprint density at radius 1 is 0.653 bits per heavy atom. The van der Waals surface area contributed by atoms with Gasteiger partial charge in [-0.25, -0.2) is 0 Å². The van der Waals surface area contributed by atoms with Gasteiger partial charge in [-0.3, -0.25) is 9.98 Å². The highest BCUT2D eigenvalue weighted by atomic mass is 15.0. The van der Waals surface area contributed by atoms with E-state index < -0.39 is 0 Å². The monoisotopic (exact) mass is 636 g/mol. The topological polar surface area (TPSA) is 62.8 Å². The maximum atomic E-state index is 6.09. The third-order valence-electron chi connectivity index (χ3n) is 8.34. The summed E-state index contributed by atoms with van der Waals surface area (Å²) in [6.45, 7) is 4.69. The average Bonchev–Trinajstić information content (AvgIpc) is 3.15. The van der Waals surface area contributed by atoms with Gasteiger partial charge in [0.25, 0.3) is 0 Å². The molecule has 3 N–H and O–H groups in total. The van der Waals surface area contributed by atoms with Crippen molar-refractivity contribution in [3.8, 4) is 11.1 Å². The maximum Gasteiger partial charge on any atom is 0.133 e. The summed E-state index contributed by atoms with van der Waals surface area (Å²) in [5, 5.41) is 3.66. The SMILES string of the molecule is CC1=NC=C1c1ccccc1C(=NCc1ccccc1)Nc1cccc(-c2cccc(/C(=C/N)c3ccccc3)c2)c1.Cc1ccccc1. The Bertz CT molecular complexity index is 2130. The predicted octanol–water partition coefficient (Wildman–Crippen LogP) is 10.6. The lowest BCUT2D eigenvalue weighted by Gasteiger charge is -2.19. The molecule has 0 aliphatic carbocycles. The van der Waals surface area contributed by atoms with Crippen LogP contribution in [0.25, 0.3) is 22.3 Å². The molecule has 0 radical (unpaired) electrons. The molecule has 0 bridgehead atoms. The van der Waals surface area contributed by atoms with E-state index >= 15 is 0 Å². The van der Waals surface area contributed by atoms with E-state index in [0.29, 0.717) is 6.54 Å². The molecule has 0 saturated carbocycles. The van der Waals surface area contributed by atoms with Gasteiger partial charge in [-0.2, -0.15) is 0 Å². The van der Waals surface area contributed by atoms with Gasteiger partial charge in [-0.05, 0) is 65.4 Å². The minimum Gasteiger partial charge on any atom is -0.404 e. The van der Waals surface area contributed by atoms with Crippen LogP contribution in [0.1, 0.15) is 40.3 Å². The zero-order valence-corrected chi connectivity index (χ0v) is 27.9. The van der Waals surface area contributed by atoms with E-state index in [1.165, 1.54) is 5.56 Å². The molecule has 1 heterocycles. The maximum absolute atomic E-state index is 6.09. The quantitative estimate of drug-likeness (QED) is 0.129. The van der Waals surface area contributed by atoms with Crippen molar-refractivity contribution in [2.75, 3.05) is 5.32 Å². The predicted molar refractivity (Wildman–Crippen MR) is 209 cm³/mol. The van der Waals surface area contributed by atoms with Crippen LogP contribution in [0.5, 0.6) is 0 Å². The number of hydrogen-bond acceptors (Lipinski definition) is 3. The van der Waals surface area contributed by atoms with Crippen LogP contribution < -0.4 is 11.1 Å². The molecule has 0 saturated heterocycles. The van der Waals surface area contributed by atoms with Crippen LogP contribution in [0, 0.1) is 6.92 Å². The summed E-state index contributed by atoms with van der Waals surface area (Å²) in [5.41, 5.74) is 19.3. The molecule has 0 atom stereocenters. The van der Waals surface area contributed by atoms with E-state index in [0.717, 1.165) is 67.3 Å². The number of nitrogens with one attached hydrogen (secondary N) is 1. The highest BCUT2D eigenvalue weighted by Gasteiger charge is 2.18. The number of amidine groups is 1. The Morgan fingerprint density at radius 3 is 1.90 bits per heavy atom. The van der Waals surface area contributed by atoms with Crippen molar-refractivity contribution in [3.63, 3.8) is 0 Å². The molecule has 6 aromatic carbocycles. The van der Waals surface area contributed by atoms with Crippen molar-refractivity contribution < 1.29 is 0 Å². The molecule has 1 aliphatic rings. The first-order chi connectivity index (χ1) is 24.1. The van der Waals surface area contributed by atoms with Gasteiger partial charge in [0.2, 0.25) is 0 Å². The van der Waals surface area contributed by atoms with Crippen LogP contribution >= 0.6 is 0 Å². The smallest absolute Gasteiger partial charge is 0.133 e. The van der Waals surface area contributed by atoms with E-state index in [2.05, 4.69) is 126 Å². The average molecular weight is 637 g/mol. The number of rotatable bonds is 8. The summed E-state index contributed by atoms with van der Waals surface area (Å²) < 4.78 is 0. The van der Waals surface area contributed by atoms with Crippen molar-refractivity contribution in [2.24, 2.45) is 15.7 Å². The van der Waals surface area contributed by atoms with Gasteiger partial charge < -0.3 is 11.1 Å². The Balaban J connectivity index is 0.000000531. The van der Waals surface area contributed by atoms with Crippen molar-refractivity contribution in [2.45, 2.75) is 20.4 Å². The molecule has 0 unspecified atom stereocenters. The number of nitrogens with two attached hydrogens (primary N) is 1. The number of allylic oxidation sites excluding steroid dienone is 1. The summed E-state index contributed by atoms with van der Waals surface area (Å²) in [6, 6.07) is 56.2. The van der Waals surface area contributed by atoms with Gasteiger partial charge in [0, 0.05) is 40.5 Å². The highest BCUT2D eigenvalue weighted by molar-refractivity contribution is 6.29. The number of nitrogens with zero attached hydrogens (tertiary/aromatic N) is 2. The number of anilines is 1. The van der Waals surface area contributed by atoms with Crippen LogP contribution in [0.3, 0.4) is 0 Å². The second-order valence-electron chi connectivity index (χ2n) is 11.8. The second-order valence-corrected chi connectivity index (χ2v) is 11.8. The second kappa shape index (κ2) is 16.0. The number of benzene rings is 6. The molecule has 49 heavy (non-hydrogen) atoms. The molecule has 1 aliphatic heterocycles. The molecular weight excluding hydrogens is 597 g/mol. The molecule has 6 aromatic rings. The summed E-state index contributed by atoms with van der Waals surface area (Å²) in [5.74, 6) is 0.818. The summed E-state index contributed by atoms with van der Waals surface area (Å²) in [7, 11) is 0. The largest absolute Gasteiger partial charge is 0.404 e. The first-order valence-electron chi connectivity index (χ1n) is 16.5. The van der Waals surface area contributed by atoms with E-state index in [1.54, 1.807) is 6.20 Å². The van der Waals surface area contributed by atoms with E-state index in [4.69, 9.17) is 10.7 Å². The number of aryl methyl sites for hydroxylation is 1. The highest BCUT2D eigenvalue weighted by Crippen LogP contribution is 2.30. The minimum atomic E-state index is 0.569. The molecule has 4 nitrogen and oxygen atoms in total. The van der Waals surface area contributed by atoms with Gasteiger partial charge in [0.05, 0.1) is 6.54 Å². The fraction of sp³-hybridized carbons (Fsp3) is 0.0667. The van der Waals surface area contributed by atoms with Crippen LogP contribution in [-0.2, 0) is 6.54 Å². The Kier molecular flexibility index (Phi) is 10.7. The summed E-state index contributed by atoms with van der Waals surface area (Å²) in [4.78, 5) is 9.47. The lowest BCUT2D eigenvalue weighted by Crippen LogP contribution is -2.18. The molecule has 0 amide bonds. The molecule has 0 fully saturated rings. The molecule has 0 spiro atoms. The molecule has 0 aromatic heterocycles. The van der Waals surface area contributed by atoms with E-state index in [9.17, 15) is 0 Å². The van der Waals surface area contributed by atoms with Crippen LogP contribution in [0.15, 0.2) is 186 Å². The van der Waals surface area contributed by atoms with Gasteiger partial charge in [0.15, 0.2) is 0 Å². The molecular formula is C45H40N4. The van der Waals surface area contributed by atoms with Crippen LogP contribution in [0.2, 0.25) is 0 Å². The molecule has 4 heteroatoms. The lowest BCUT2D eigenvalue weighted by molar-refractivity contribution is 1.07. The number of aliphatic imine (C=N–C) groups is 2. The third-order valence-corrected chi connectivity index (χ3v) is 8.34. The normalized spacial score (nSPS) is 12.5. The summed E-state index contributed by atoms with van der Waals surface area (Å²) in [6.07, 6.45) is 3.61. The van der Waals surface area contributed by atoms with E-state index in [-0.39, 0.29) is 0 Å². The van der Waals surface area contributed by atoms with Gasteiger partial charge >= 0.3 is 0 Å². The van der Waals surface area contributed by atoms with Crippen molar-refractivity contribution in [1.82, 2.24) is 0 Å². The lowest BCUT2D eigenvalue weighted by atomic mass is 9.94. The van der Waals surface area contributed by atoms with Gasteiger partial charge in [-0.15, -0.1) is 0 Å². The molecule has 240 valence electrons. The zero-order chi connectivity index (χ0) is 33.8.